The lowest BCUT2D eigenvalue weighted by atomic mass is 9.86. The van der Waals surface area contributed by atoms with E-state index in [4.69, 9.17) is 21.1 Å². The molecule has 37 heavy (non-hydrogen) atoms. The number of anilines is 1. The van der Waals surface area contributed by atoms with Crippen molar-refractivity contribution in [2.45, 2.75) is 58.0 Å². The third kappa shape index (κ3) is 5.73. The number of benzene rings is 2. The fourth-order valence-electron chi connectivity index (χ4n) is 6.00. The van der Waals surface area contributed by atoms with Gasteiger partial charge in [-0.1, -0.05) is 23.7 Å². The summed E-state index contributed by atoms with van der Waals surface area (Å²) in [5.41, 5.74) is 6.57. The van der Waals surface area contributed by atoms with Crippen LogP contribution in [0.4, 0.5) is 5.69 Å². The predicted octanol–water partition coefficient (Wildman–Crippen LogP) is 6.79. The molecule has 3 heterocycles. The van der Waals surface area contributed by atoms with Crippen LogP contribution in [0.5, 0.6) is 11.5 Å². The Kier molecular flexibility index (Phi) is 8.21. The summed E-state index contributed by atoms with van der Waals surface area (Å²) in [5, 5.41) is 0.661. The predicted molar refractivity (Wildman–Crippen MR) is 151 cm³/mol. The molecule has 2 aliphatic heterocycles. The second-order valence-corrected chi connectivity index (χ2v) is 10.7. The molecule has 5 nitrogen and oxygen atoms in total. The van der Waals surface area contributed by atoms with Crippen molar-refractivity contribution in [1.82, 2.24) is 9.88 Å². The van der Waals surface area contributed by atoms with Gasteiger partial charge in [-0.3, -0.25) is 9.88 Å². The van der Waals surface area contributed by atoms with Gasteiger partial charge in [0.15, 0.2) is 0 Å². The molecule has 1 unspecified atom stereocenters. The number of fused-ring (bicyclic) bond motifs is 1. The highest BCUT2D eigenvalue weighted by atomic mass is 35.5. The van der Waals surface area contributed by atoms with E-state index in [0.29, 0.717) is 17.1 Å². The maximum atomic E-state index is 6.27. The van der Waals surface area contributed by atoms with Crippen LogP contribution >= 0.6 is 11.6 Å². The van der Waals surface area contributed by atoms with Crippen LogP contribution in [0.3, 0.4) is 0 Å². The Morgan fingerprint density at radius 2 is 1.92 bits per heavy atom. The van der Waals surface area contributed by atoms with Gasteiger partial charge in [-0.25, -0.2) is 0 Å². The van der Waals surface area contributed by atoms with Crippen molar-refractivity contribution in [3.05, 3.63) is 82.1 Å². The lowest BCUT2D eigenvalue weighted by molar-refractivity contribution is 0.0712. The summed E-state index contributed by atoms with van der Waals surface area (Å²) in [6.07, 6.45) is 9.45. The molecule has 0 bridgehead atoms. The smallest absolute Gasteiger partial charge is 0.139 e. The second kappa shape index (κ2) is 11.7. The lowest BCUT2D eigenvalue weighted by Crippen LogP contribution is -2.56. The highest BCUT2D eigenvalue weighted by Crippen LogP contribution is 2.40. The van der Waals surface area contributed by atoms with Crippen molar-refractivity contribution in [2.75, 3.05) is 38.3 Å². The topological polar surface area (TPSA) is 37.8 Å². The van der Waals surface area contributed by atoms with Crippen LogP contribution in [0.2, 0.25) is 5.02 Å². The Hall–Kier alpha value is -2.76. The quantitative estimate of drug-likeness (QED) is 0.306. The largest absolute Gasteiger partial charge is 0.495 e. The second-order valence-electron chi connectivity index (χ2n) is 10.3. The van der Waals surface area contributed by atoms with E-state index >= 15 is 0 Å². The Morgan fingerprint density at radius 3 is 2.73 bits per heavy atom. The average Bonchev–Trinajstić information content (AvgIpc) is 2.93. The molecule has 0 spiro atoms. The maximum absolute atomic E-state index is 6.27. The third-order valence-corrected chi connectivity index (χ3v) is 8.48. The maximum Gasteiger partial charge on any atom is 0.139 e. The molecule has 5 rings (SSSR count). The third-order valence-electron chi connectivity index (χ3n) is 8.17. The van der Waals surface area contributed by atoms with Gasteiger partial charge in [0.25, 0.3) is 0 Å². The molecule has 3 aromatic rings. The normalized spacial score (nSPS) is 19.9. The molecule has 196 valence electrons. The van der Waals surface area contributed by atoms with E-state index in [1.165, 1.54) is 47.2 Å². The molecule has 0 amide bonds. The number of rotatable bonds is 8. The van der Waals surface area contributed by atoms with Crippen LogP contribution in [0.15, 0.2) is 54.9 Å². The van der Waals surface area contributed by atoms with Crippen LogP contribution in [0.25, 0.3) is 0 Å². The molecular weight excluding hydrogens is 482 g/mol. The van der Waals surface area contributed by atoms with E-state index in [0.717, 1.165) is 50.6 Å². The van der Waals surface area contributed by atoms with E-state index < -0.39 is 0 Å². The van der Waals surface area contributed by atoms with Gasteiger partial charge in [0.05, 0.1) is 18.7 Å². The summed E-state index contributed by atoms with van der Waals surface area (Å²) in [6.45, 7) is 8.31. The molecule has 2 fully saturated rings. The van der Waals surface area contributed by atoms with Crippen molar-refractivity contribution in [3.8, 4) is 11.5 Å². The summed E-state index contributed by atoms with van der Waals surface area (Å²) in [5.74, 6) is 1.76. The van der Waals surface area contributed by atoms with E-state index in [1.54, 1.807) is 7.11 Å². The van der Waals surface area contributed by atoms with E-state index in [1.807, 2.05) is 24.5 Å². The first-order valence-corrected chi connectivity index (χ1v) is 13.9. The first kappa shape index (κ1) is 25.9. The van der Waals surface area contributed by atoms with E-state index in [9.17, 15) is 0 Å². The summed E-state index contributed by atoms with van der Waals surface area (Å²) in [7, 11) is 1.68. The van der Waals surface area contributed by atoms with Gasteiger partial charge in [-0.15, -0.1) is 0 Å². The van der Waals surface area contributed by atoms with Gasteiger partial charge in [0, 0.05) is 55.9 Å². The summed E-state index contributed by atoms with van der Waals surface area (Å²) < 4.78 is 11.7. The number of aromatic nitrogens is 1. The van der Waals surface area contributed by atoms with Crippen molar-refractivity contribution < 1.29 is 9.47 Å². The zero-order chi connectivity index (χ0) is 25.8. The number of hydrogen-bond donors (Lipinski definition) is 0. The zero-order valence-electron chi connectivity index (χ0n) is 22.3. The SMILES string of the molecule is COc1cc(N2CCN3C(CCC[C@@H]3c3ccc(OCCCc4cccnc4)c(C)c3C)C2)ccc1Cl. The average molecular weight is 520 g/mol. The van der Waals surface area contributed by atoms with Crippen molar-refractivity contribution in [3.63, 3.8) is 0 Å². The highest BCUT2D eigenvalue weighted by Gasteiger charge is 2.36. The van der Waals surface area contributed by atoms with Crippen molar-refractivity contribution in [1.29, 1.82) is 0 Å². The minimum absolute atomic E-state index is 0.471. The monoisotopic (exact) mass is 519 g/mol. The highest BCUT2D eigenvalue weighted by molar-refractivity contribution is 6.32. The number of pyridine rings is 1. The van der Waals surface area contributed by atoms with Gasteiger partial charge in [0.2, 0.25) is 0 Å². The minimum Gasteiger partial charge on any atom is -0.495 e. The van der Waals surface area contributed by atoms with Crippen LogP contribution in [-0.2, 0) is 6.42 Å². The molecule has 2 aromatic carbocycles. The Morgan fingerprint density at radius 1 is 1.03 bits per heavy atom. The molecule has 0 saturated carbocycles. The van der Waals surface area contributed by atoms with Crippen LogP contribution in [0, 0.1) is 13.8 Å². The van der Waals surface area contributed by atoms with Gasteiger partial charge < -0.3 is 14.4 Å². The van der Waals surface area contributed by atoms with Crippen LogP contribution < -0.4 is 14.4 Å². The van der Waals surface area contributed by atoms with Crippen LogP contribution in [-0.4, -0.2) is 49.3 Å². The Bertz CT molecular complexity index is 1200. The minimum atomic E-state index is 0.471. The van der Waals surface area contributed by atoms with Crippen LogP contribution in [0.1, 0.15) is 54.0 Å². The van der Waals surface area contributed by atoms with E-state index in [2.05, 4.69) is 59.0 Å². The first-order chi connectivity index (χ1) is 18.0. The fourth-order valence-corrected chi connectivity index (χ4v) is 6.20. The van der Waals surface area contributed by atoms with Gasteiger partial charge in [-0.05, 0) is 92.5 Å². The van der Waals surface area contributed by atoms with E-state index in [-0.39, 0.29) is 0 Å². The van der Waals surface area contributed by atoms with Crippen molar-refractivity contribution >= 4 is 17.3 Å². The molecule has 6 heteroatoms. The summed E-state index contributed by atoms with van der Waals surface area (Å²) in [4.78, 5) is 9.44. The van der Waals surface area contributed by atoms with Gasteiger partial charge in [0.1, 0.15) is 11.5 Å². The zero-order valence-corrected chi connectivity index (χ0v) is 23.0. The number of halogens is 1. The molecule has 1 aromatic heterocycles. The molecule has 2 saturated heterocycles. The standard InChI is InChI=1S/C31H38ClN3O2/c1-22-23(2)30(37-18-6-8-24-7-5-15-33-20-24)14-12-27(22)29-10-4-9-26-21-34(16-17-35(26)29)25-11-13-28(32)31(19-25)36-3/h5,7,11-15,19-20,26,29H,4,6,8-10,16-18,21H2,1-3H3/t26?,29-/m1/s1. The number of methoxy groups -OCH3 is 1. The number of ether oxygens (including phenoxy) is 2. The summed E-state index contributed by atoms with van der Waals surface area (Å²) >= 11 is 6.27. The molecule has 0 aliphatic carbocycles. The summed E-state index contributed by atoms with van der Waals surface area (Å²) in [6, 6.07) is 15.8. The molecule has 2 atom stereocenters. The van der Waals surface area contributed by atoms with Crippen molar-refractivity contribution in [2.24, 2.45) is 0 Å². The molecule has 0 N–H and O–H groups in total. The molecule has 0 radical (unpaired) electrons. The molecular formula is C31H38ClN3O2. The fraction of sp³-hybridized carbons (Fsp3) is 0.452. The molecule has 2 aliphatic rings. The number of piperidine rings is 1. The lowest BCUT2D eigenvalue weighted by Gasteiger charge is -2.49. The van der Waals surface area contributed by atoms with Gasteiger partial charge >= 0.3 is 0 Å². The number of piperazine rings is 1. The van der Waals surface area contributed by atoms with Gasteiger partial charge in [-0.2, -0.15) is 0 Å². The first-order valence-electron chi connectivity index (χ1n) is 13.5. The Balaban J connectivity index is 1.24. The number of hydrogen-bond acceptors (Lipinski definition) is 5. The Labute approximate surface area is 226 Å². The number of aryl methyl sites for hydroxylation is 1. The number of nitrogens with zero attached hydrogens (tertiary/aromatic N) is 3.